The molecule has 0 saturated heterocycles. The van der Waals surface area contributed by atoms with Crippen LogP contribution in [0.4, 0.5) is 0 Å². The average Bonchev–Trinajstić information content (AvgIpc) is 3.25. The van der Waals surface area contributed by atoms with Crippen LogP contribution in [0.3, 0.4) is 0 Å². The number of fused-ring (bicyclic) bond motifs is 1. The van der Waals surface area contributed by atoms with E-state index >= 15 is 0 Å². The first kappa shape index (κ1) is 16.0. The number of benzene rings is 1. The maximum atomic E-state index is 12.3. The molecule has 3 aromatic rings. The quantitative estimate of drug-likeness (QED) is 0.683. The summed E-state index contributed by atoms with van der Waals surface area (Å²) in [6, 6.07) is 9.12. The van der Waals surface area contributed by atoms with Crippen LogP contribution in [0.5, 0.6) is 0 Å². The predicted molar refractivity (Wildman–Crippen MR) is 89.8 cm³/mol. The Morgan fingerprint density at radius 1 is 1.30 bits per heavy atom. The van der Waals surface area contributed by atoms with Gasteiger partial charge in [-0.2, -0.15) is 8.75 Å². The van der Waals surface area contributed by atoms with Crippen molar-refractivity contribution in [3.8, 4) is 0 Å². The van der Waals surface area contributed by atoms with Crippen molar-refractivity contribution in [2.75, 3.05) is 19.8 Å². The summed E-state index contributed by atoms with van der Waals surface area (Å²) < 4.78 is 13.9. The van der Waals surface area contributed by atoms with E-state index in [0.29, 0.717) is 17.6 Å². The molecule has 0 unspecified atom stereocenters. The minimum absolute atomic E-state index is 0.0523. The Balaban J connectivity index is 1.65. The van der Waals surface area contributed by atoms with Crippen LogP contribution in [0.25, 0.3) is 11.0 Å². The van der Waals surface area contributed by atoms with Crippen molar-refractivity contribution in [1.29, 1.82) is 0 Å². The van der Waals surface area contributed by atoms with Crippen molar-refractivity contribution < 1.29 is 14.6 Å². The minimum atomic E-state index is -0.268. The van der Waals surface area contributed by atoms with Crippen LogP contribution >= 0.6 is 23.1 Å². The number of hydrogen-bond acceptors (Lipinski definition) is 7. The van der Waals surface area contributed by atoms with Gasteiger partial charge in [-0.25, -0.2) is 0 Å². The van der Waals surface area contributed by atoms with Gasteiger partial charge in [0, 0.05) is 17.0 Å². The molecule has 0 radical (unpaired) electrons. The molecule has 0 fully saturated rings. The summed E-state index contributed by atoms with van der Waals surface area (Å²) in [6.07, 6.45) is -0.268. The van der Waals surface area contributed by atoms with E-state index in [-0.39, 0.29) is 25.2 Å². The number of aliphatic hydroxyl groups is 1. The van der Waals surface area contributed by atoms with Gasteiger partial charge in [0.2, 0.25) is 0 Å². The predicted octanol–water partition coefficient (Wildman–Crippen LogP) is 2.23. The summed E-state index contributed by atoms with van der Waals surface area (Å²) in [4.78, 5) is 13.3. The molecule has 2 heterocycles. The highest BCUT2D eigenvalue weighted by atomic mass is 32.1. The summed E-state index contributed by atoms with van der Waals surface area (Å²) >= 11 is 2.68. The maximum absolute atomic E-state index is 12.3. The fourth-order valence-electron chi connectivity index (χ4n) is 2.12. The average molecular weight is 349 g/mol. The fraction of sp³-hybridized carbons (Fsp3) is 0.267. The van der Waals surface area contributed by atoms with E-state index in [0.717, 1.165) is 22.1 Å². The molecule has 1 amide bonds. The molecule has 0 bridgehead atoms. The Hall–Kier alpha value is -1.87. The van der Waals surface area contributed by atoms with Crippen LogP contribution < -0.4 is 5.32 Å². The third-order valence-corrected chi connectivity index (χ3v) is 4.76. The van der Waals surface area contributed by atoms with Gasteiger partial charge >= 0.3 is 0 Å². The number of carbonyl (C=O) groups excluding carboxylic acids is 1. The van der Waals surface area contributed by atoms with Crippen molar-refractivity contribution in [2.45, 2.75) is 6.10 Å². The molecule has 0 aliphatic heterocycles. The molecule has 0 saturated carbocycles. The van der Waals surface area contributed by atoms with Gasteiger partial charge in [0.1, 0.15) is 17.1 Å². The molecule has 0 spiro atoms. The lowest BCUT2D eigenvalue weighted by molar-refractivity contribution is 0.0296. The molecule has 3 rings (SSSR count). The molecule has 2 aromatic heterocycles. The number of thiophene rings is 1. The lowest BCUT2D eigenvalue weighted by Crippen LogP contribution is -2.29. The van der Waals surface area contributed by atoms with Gasteiger partial charge in [0.25, 0.3) is 5.91 Å². The first-order chi connectivity index (χ1) is 11.3. The molecular weight excluding hydrogens is 334 g/mol. The zero-order valence-electron chi connectivity index (χ0n) is 12.1. The van der Waals surface area contributed by atoms with Crippen LogP contribution in [0.15, 0.2) is 35.7 Å². The topological polar surface area (TPSA) is 84.3 Å². The zero-order valence-corrected chi connectivity index (χ0v) is 13.8. The van der Waals surface area contributed by atoms with E-state index in [2.05, 4.69) is 14.1 Å². The maximum Gasteiger partial charge on any atom is 0.251 e. The fourth-order valence-corrected chi connectivity index (χ4v) is 3.41. The van der Waals surface area contributed by atoms with E-state index in [1.165, 1.54) is 0 Å². The summed E-state index contributed by atoms with van der Waals surface area (Å²) in [6.45, 7) is 0.519. The first-order valence-corrected chi connectivity index (χ1v) is 8.65. The standard InChI is InChI=1S/C15H15N3O3S2/c19-5-6-21-13(14-2-1-7-22-14)9-16-15(20)10-3-4-11-12(8-10)18-23-17-11/h1-4,7-8,13,19H,5-6,9H2,(H,16,20)/t13-/m1/s1. The number of carbonyl (C=O) groups is 1. The van der Waals surface area contributed by atoms with Gasteiger partial charge in [-0.15, -0.1) is 11.3 Å². The second kappa shape index (κ2) is 7.60. The highest BCUT2D eigenvalue weighted by Crippen LogP contribution is 2.22. The van der Waals surface area contributed by atoms with E-state index < -0.39 is 0 Å². The number of ether oxygens (including phenoxy) is 1. The largest absolute Gasteiger partial charge is 0.394 e. The van der Waals surface area contributed by atoms with Gasteiger partial charge in [0.15, 0.2) is 0 Å². The Morgan fingerprint density at radius 3 is 2.96 bits per heavy atom. The van der Waals surface area contributed by atoms with Crippen molar-refractivity contribution in [3.05, 3.63) is 46.2 Å². The minimum Gasteiger partial charge on any atom is -0.394 e. The highest BCUT2D eigenvalue weighted by Gasteiger charge is 2.15. The summed E-state index contributed by atoms with van der Waals surface area (Å²) in [5.74, 6) is -0.186. The van der Waals surface area contributed by atoms with Crippen LogP contribution in [0, 0.1) is 0 Å². The Morgan fingerprint density at radius 2 is 2.17 bits per heavy atom. The molecule has 120 valence electrons. The normalized spacial score (nSPS) is 12.4. The number of hydrogen-bond donors (Lipinski definition) is 2. The van der Waals surface area contributed by atoms with E-state index in [4.69, 9.17) is 9.84 Å². The zero-order chi connectivity index (χ0) is 16.1. The van der Waals surface area contributed by atoms with Crippen LogP contribution in [0.1, 0.15) is 21.3 Å². The number of aromatic nitrogens is 2. The van der Waals surface area contributed by atoms with Crippen LogP contribution in [0.2, 0.25) is 0 Å². The molecule has 6 nitrogen and oxygen atoms in total. The van der Waals surface area contributed by atoms with E-state index in [1.807, 2.05) is 17.5 Å². The second-order valence-electron chi connectivity index (χ2n) is 4.78. The van der Waals surface area contributed by atoms with Crippen molar-refractivity contribution in [3.63, 3.8) is 0 Å². The van der Waals surface area contributed by atoms with Crippen molar-refractivity contribution in [2.24, 2.45) is 0 Å². The third-order valence-electron chi connectivity index (χ3n) is 3.23. The molecule has 23 heavy (non-hydrogen) atoms. The van der Waals surface area contributed by atoms with E-state index in [9.17, 15) is 4.79 Å². The van der Waals surface area contributed by atoms with Crippen molar-refractivity contribution >= 4 is 40.0 Å². The summed E-state index contributed by atoms with van der Waals surface area (Å²) in [7, 11) is 0. The van der Waals surface area contributed by atoms with Gasteiger partial charge in [-0.1, -0.05) is 6.07 Å². The lowest BCUT2D eigenvalue weighted by Gasteiger charge is -2.16. The first-order valence-electron chi connectivity index (χ1n) is 7.04. The third kappa shape index (κ3) is 3.91. The SMILES string of the molecule is O=C(NC[C@@H](OCCO)c1cccs1)c1ccc2nsnc2c1. The lowest BCUT2D eigenvalue weighted by atomic mass is 10.2. The second-order valence-corrected chi connectivity index (χ2v) is 6.28. The van der Waals surface area contributed by atoms with Gasteiger partial charge < -0.3 is 15.2 Å². The van der Waals surface area contributed by atoms with E-state index in [1.54, 1.807) is 29.5 Å². The highest BCUT2D eigenvalue weighted by molar-refractivity contribution is 7.10. The number of amides is 1. The monoisotopic (exact) mass is 349 g/mol. The van der Waals surface area contributed by atoms with Gasteiger partial charge in [-0.05, 0) is 29.6 Å². The number of rotatable bonds is 7. The summed E-state index contributed by atoms with van der Waals surface area (Å²) in [5.41, 5.74) is 2.04. The number of nitrogens with zero attached hydrogens (tertiary/aromatic N) is 2. The molecule has 2 N–H and O–H groups in total. The summed E-state index contributed by atoms with van der Waals surface area (Å²) in [5, 5.41) is 13.8. The van der Waals surface area contributed by atoms with Crippen molar-refractivity contribution in [1.82, 2.24) is 14.1 Å². The van der Waals surface area contributed by atoms with Gasteiger partial charge in [-0.3, -0.25) is 4.79 Å². The molecule has 0 aliphatic rings. The van der Waals surface area contributed by atoms with Crippen LogP contribution in [-0.4, -0.2) is 39.5 Å². The van der Waals surface area contributed by atoms with Crippen LogP contribution in [-0.2, 0) is 4.74 Å². The van der Waals surface area contributed by atoms with Gasteiger partial charge in [0.05, 0.1) is 24.9 Å². The smallest absolute Gasteiger partial charge is 0.251 e. The molecular formula is C15H15N3O3S2. The molecule has 0 aliphatic carbocycles. The number of nitrogens with one attached hydrogen (secondary N) is 1. The molecule has 1 aromatic carbocycles. The Bertz CT molecular complexity index is 773. The molecule has 1 atom stereocenters. The molecule has 8 heteroatoms. The Kier molecular flexibility index (Phi) is 5.29. The number of aliphatic hydroxyl groups excluding tert-OH is 1. The Labute approximate surface area is 141 Å².